The zero-order chi connectivity index (χ0) is 11.1. The highest BCUT2D eigenvalue weighted by Crippen LogP contribution is 2.08. The van der Waals surface area contributed by atoms with E-state index < -0.39 is 0 Å². The molecule has 90 valence electrons. The molecule has 3 nitrogen and oxygen atoms in total. The standard InChI is InChI=1S/C12H26N2O/c1-3-12(2,13)11-15-10-9-14-7-5-4-6-8-14/h3-11,13H2,1-2H3. The van der Waals surface area contributed by atoms with Gasteiger partial charge in [-0.3, -0.25) is 0 Å². The predicted octanol–water partition coefficient (Wildman–Crippen LogP) is 1.62. The Hall–Kier alpha value is -0.120. The van der Waals surface area contributed by atoms with Gasteiger partial charge in [0.05, 0.1) is 13.2 Å². The summed E-state index contributed by atoms with van der Waals surface area (Å²) in [4.78, 5) is 2.49. The van der Waals surface area contributed by atoms with E-state index in [2.05, 4.69) is 11.8 Å². The summed E-state index contributed by atoms with van der Waals surface area (Å²) in [6.45, 7) is 9.22. The van der Waals surface area contributed by atoms with Gasteiger partial charge in [-0.1, -0.05) is 13.3 Å². The maximum atomic E-state index is 6.00. The van der Waals surface area contributed by atoms with Crippen molar-refractivity contribution >= 4 is 0 Å². The minimum absolute atomic E-state index is 0.151. The van der Waals surface area contributed by atoms with E-state index >= 15 is 0 Å². The van der Waals surface area contributed by atoms with Crippen LogP contribution in [0.1, 0.15) is 39.5 Å². The van der Waals surface area contributed by atoms with E-state index in [4.69, 9.17) is 10.5 Å². The zero-order valence-electron chi connectivity index (χ0n) is 10.3. The van der Waals surface area contributed by atoms with Gasteiger partial charge < -0.3 is 15.4 Å². The summed E-state index contributed by atoms with van der Waals surface area (Å²) in [7, 11) is 0. The van der Waals surface area contributed by atoms with E-state index in [0.29, 0.717) is 6.61 Å². The van der Waals surface area contributed by atoms with Crippen molar-refractivity contribution in [3.63, 3.8) is 0 Å². The van der Waals surface area contributed by atoms with Gasteiger partial charge in [0.15, 0.2) is 0 Å². The highest BCUT2D eigenvalue weighted by atomic mass is 16.5. The molecule has 1 aliphatic heterocycles. The van der Waals surface area contributed by atoms with Crippen molar-refractivity contribution < 1.29 is 4.74 Å². The highest BCUT2D eigenvalue weighted by molar-refractivity contribution is 4.75. The van der Waals surface area contributed by atoms with Gasteiger partial charge in [-0.25, -0.2) is 0 Å². The molecular formula is C12H26N2O. The summed E-state index contributed by atoms with van der Waals surface area (Å²) in [6, 6.07) is 0. The van der Waals surface area contributed by atoms with Crippen molar-refractivity contribution in [3.05, 3.63) is 0 Å². The van der Waals surface area contributed by atoms with Crippen LogP contribution in [0, 0.1) is 0 Å². The second-order valence-corrected chi connectivity index (χ2v) is 4.96. The van der Waals surface area contributed by atoms with Crippen molar-refractivity contribution in [3.8, 4) is 0 Å². The average molecular weight is 214 g/mol. The Bertz CT molecular complexity index is 165. The van der Waals surface area contributed by atoms with Crippen LogP contribution in [0.4, 0.5) is 0 Å². The second kappa shape index (κ2) is 6.46. The third-order valence-corrected chi connectivity index (χ3v) is 3.24. The number of hydrogen-bond acceptors (Lipinski definition) is 3. The quantitative estimate of drug-likeness (QED) is 0.683. The molecule has 0 aromatic rings. The van der Waals surface area contributed by atoms with Crippen LogP contribution in [0.3, 0.4) is 0 Å². The molecule has 0 aliphatic carbocycles. The Morgan fingerprint density at radius 1 is 1.27 bits per heavy atom. The van der Waals surface area contributed by atoms with Gasteiger partial charge in [0.1, 0.15) is 0 Å². The van der Waals surface area contributed by atoms with Crippen LogP contribution in [0.5, 0.6) is 0 Å². The summed E-state index contributed by atoms with van der Waals surface area (Å²) in [6.07, 6.45) is 5.07. The fraction of sp³-hybridized carbons (Fsp3) is 1.00. The number of nitrogens with two attached hydrogens (primary N) is 1. The average Bonchev–Trinajstić information content (AvgIpc) is 2.26. The zero-order valence-corrected chi connectivity index (χ0v) is 10.3. The van der Waals surface area contributed by atoms with Crippen molar-refractivity contribution in [1.82, 2.24) is 4.90 Å². The van der Waals surface area contributed by atoms with Crippen LogP contribution in [0.25, 0.3) is 0 Å². The summed E-state index contributed by atoms with van der Waals surface area (Å²) in [5.74, 6) is 0. The Morgan fingerprint density at radius 3 is 2.53 bits per heavy atom. The summed E-state index contributed by atoms with van der Waals surface area (Å²) < 4.78 is 5.63. The van der Waals surface area contributed by atoms with Crippen molar-refractivity contribution in [2.24, 2.45) is 5.73 Å². The molecule has 0 radical (unpaired) electrons. The van der Waals surface area contributed by atoms with Crippen LogP contribution in [-0.4, -0.2) is 43.3 Å². The van der Waals surface area contributed by atoms with Crippen LogP contribution in [0.2, 0.25) is 0 Å². The molecule has 0 amide bonds. The molecule has 1 heterocycles. The van der Waals surface area contributed by atoms with Gasteiger partial charge in [0.2, 0.25) is 0 Å². The Morgan fingerprint density at radius 2 is 1.93 bits per heavy atom. The molecule has 3 heteroatoms. The number of ether oxygens (including phenoxy) is 1. The lowest BCUT2D eigenvalue weighted by Crippen LogP contribution is -2.41. The smallest absolute Gasteiger partial charge is 0.0643 e. The molecule has 0 aromatic carbocycles. The summed E-state index contributed by atoms with van der Waals surface area (Å²) in [5.41, 5.74) is 5.85. The highest BCUT2D eigenvalue weighted by Gasteiger charge is 2.16. The number of hydrogen-bond donors (Lipinski definition) is 1. The first-order chi connectivity index (χ1) is 7.14. The maximum Gasteiger partial charge on any atom is 0.0643 e. The monoisotopic (exact) mass is 214 g/mol. The van der Waals surface area contributed by atoms with E-state index in [9.17, 15) is 0 Å². The predicted molar refractivity (Wildman–Crippen MR) is 64.0 cm³/mol. The number of likely N-dealkylation sites (tertiary alicyclic amines) is 1. The molecule has 1 rings (SSSR count). The molecule has 1 atom stereocenters. The molecular weight excluding hydrogens is 188 g/mol. The van der Waals surface area contributed by atoms with Gasteiger partial charge in [-0.2, -0.15) is 0 Å². The van der Waals surface area contributed by atoms with Gasteiger partial charge in [-0.15, -0.1) is 0 Å². The molecule has 1 unspecified atom stereocenters. The van der Waals surface area contributed by atoms with Gasteiger partial charge >= 0.3 is 0 Å². The van der Waals surface area contributed by atoms with Gasteiger partial charge in [0.25, 0.3) is 0 Å². The lowest BCUT2D eigenvalue weighted by atomic mass is 10.0. The van der Waals surface area contributed by atoms with E-state index in [1.807, 2.05) is 6.92 Å². The number of rotatable bonds is 6. The third-order valence-electron chi connectivity index (χ3n) is 3.24. The molecule has 2 N–H and O–H groups in total. The number of piperidine rings is 1. The van der Waals surface area contributed by atoms with Crippen LogP contribution in [0.15, 0.2) is 0 Å². The van der Waals surface area contributed by atoms with E-state index in [1.165, 1.54) is 32.4 Å². The molecule has 0 aromatic heterocycles. The molecule has 0 bridgehead atoms. The minimum Gasteiger partial charge on any atom is -0.378 e. The van der Waals surface area contributed by atoms with Crippen molar-refractivity contribution in [1.29, 1.82) is 0 Å². The van der Waals surface area contributed by atoms with Gasteiger partial charge in [0, 0.05) is 12.1 Å². The fourth-order valence-electron chi connectivity index (χ4n) is 1.78. The second-order valence-electron chi connectivity index (χ2n) is 4.96. The molecule has 1 aliphatic rings. The van der Waals surface area contributed by atoms with E-state index in [-0.39, 0.29) is 5.54 Å². The number of nitrogens with zero attached hydrogens (tertiary/aromatic N) is 1. The van der Waals surface area contributed by atoms with Crippen molar-refractivity contribution in [2.75, 3.05) is 32.8 Å². The van der Waals surface area contributed by atoms with Crippen LogP contribution in [-0.2, 0) is 4.74 Å². The van der Waals surface area contributed by atoms with Crippen LogP contribution >= 0.6 is 0 Å². The summed E-state index contributed by atoms with van der Waals surface area (Å²) in [5, 5.41) is 0. The topological polar surface area (TPSA) is 38.5 Å². The normalized spacial score (nSPS) is 22.6. The Labute approximate surface area is 94.0 Å². The molecule has 0 spiro atoms. The SMILES string of the molecule is CCC(C)(N)COCCN1CCCCC1. The first-order valence-corrected chi connectivity index (χ1v) is 6.23. The first-order valence-electron chi connectivity index (χ1n) is 6.23. The van der Waals surface area contributed by atoms with Gasteiger partial charge in [-0.05, 0) is 39.3 Å². The minimum atomic E-state index is -0.151. The third kappa shape index (κ3) is 5.50. The molecule has 1 saturated heterocycles. The summed E-state index contributed by atoms with van der Waals surface area (Å²) >= 11 is 0. The maximum absolute atomic E-state index is 6.00. The molecule has 1 fully saturated rings. The van der Waals surface area contributed by atoms with E-state index in [0.717, 1.165) is 19.6 Å². The molecule has 0 saturated carbocycles. The van der Waals surface area contributed by atoms with Crippen molar-refractivity contribution in [2.45, 2.75) is 45.1 Å². The lowest BCUT2D eigenvalue weighted by Gasteiger charge is -2.27. The van der Waals surface area contributed by atoms with E-state index in [1.54, 1.807) is 0 Å². The van der Waals surface area contributed by atoms with Crippen LogP contribution < -0.4 is 5.73 Å². The Kier molecular flexibility index (Phi) is 5.58. The first kappa shape index (κ1) is 12.9. The fourth-order valence-corrected chi connectivity index (χ4v) is 1.78. The lowest BCUT2D eigenvalue weighted by molar-refractivity contribution is 0.0657. The largest absolute Gasteiger partial charge is 0.378 e. The Balaban J connectivity index is 2.00. The molecule has 15 heavy (non-hydrogen) atoms.